The van der Waals surface area contributed by atoms with Crippen LogP contribution in [0.1, 0.15) is 33.3 Å². The van der Waals surface area contributed by atoms with Crippen molar-refractivity contribution in [1.29, 1.82) is 0 Å². The number of ether oxygens (including phenoxy) is 1. The van der Waals surface area contributed by atoms with Crippen LogP contribution in [0.15, 0.2) is 18.2 Å². The summed E-state index contributed by atoms with van der Waals surface area (Å²) in [4.78, 5) is 11.5. The second-order valence-electron chi connectivity index (χ2n) is 4.79. The third-order valence-electron chi connectivity index (χ3n) is 2.07. The van der Waals surface area contributed by atoms with Crippen molar-refractivity contribution in [1.82, 2.24) is 0 Å². The zero-order valence-electron chi connectivity index (χ0n) is 10.6. The van der Waals surface area contributed by atoms with Gasteiger partial charge in [0.15, 0.2) is 0 Å². The van der Waals surface area contributed by atoms with E-state index in [9.17, 15) is 4.79 Å². The summed E-state index contributed by atoms with van der Waals surface area (Å²) in [5.41, 5.74) is 1.20. The molecule has 0 aliphatic rings. The number of amides is 1. The number of carbonyl (C=O) groups excluding carboxylic acids is 1. The lowest BCUT2D eigenvalue weighted by molar-refractivity contribution is 0.0636. The van der Waals surface area contributed by atoms with E-state index in [0.29, 0.717) is 10.7 Å². The molecule has 1 N–H and O–H groups in total. The first-order valence-corrected chi connectivity index (χ1v) is 5.98. The van der Waals surface area contributed by atoms with E-state index < -0.39 is 11.7 Å². The summed E-state index contributed by atoms with van der Waals surface area (Å²) in [7, 11) is 0. The molecule has 0 bridgehead atoms. The molecule has 0 saturated carbocycles. The Balaban J connectivity index is 2.72. The molecule has 94 valence electrons. The minimum absolute atomic E-state index is 0.457. The van der Waals surface area contributed by atoms with Crippen LogP contribution in [0.3, 0.4) is 0 Å². The number of benzene rings is 1. The summed E-state index contributed by atoms with van der Waals surface area (Å²) in [6.45, 7) is 7.49. The summed E-state index contributed by atoms with van der Waals surface area (Å²) in [5, 5.41) is 3.39. The standard InChI is InChI=1S/C13H18ClNO2/c1-5-9-8-10(6-7-11(9)14)15-12(16)17-13(2,3)4/h6-8H,5H2,1-4H3,(H,15,16). The maximum atomic E-state index is 11.5. The van der Waals surface area contributed by atoms with Gasteiger partial charge in [-0.25, -0.2) is 4.79 Å². The minimum Gasteiger partial charge on any atom is -0.444 e. The molecule has 4 heteroatoms. The third-order valence-corrected chi connectivity index (χ3v) is 2.44. The molecule has 0 aliphatic carbocycles. The summed E-state index contributed by atoms with van der Waals surface area (Å²) in [6.07, 6.45) is 0.365. The van der Waals surface area contributed by atoms with Gasteiger partial charge in [0.05, 0.1) is 0 Å². The van der Waals surface area contributed by atoms with Gasteiger partial charge in [0.1, 0.15) is 5.60 Å². The SMILES string of the molecule is CCc1cc(NC(=O)OC(C)(C)C)ccc1Cl. The van der Waals surface area contributed by atoms with Crippen molar-refractivity contribution in [2.75, 3.05) is 5.32 Å². The molecule has 1 aromatic rings. The Kier molecular flexibility index (Phi) is 4.40. The maximum Gasteiger partial charge on any atom is 0.412 e. The van der Waals surface area contributed by atoms with Crippen LogP contribution in [0.25, 0.3) is 0 Å². The molecule has 3 nitrogen and oxygen atoms in total. The average molecular weight is 256 g/mol. The van der Waals surface area contributed by atoms with Gasteiger partial charge in [-0.3, -0.25) is 5.32 Å². The topological polar surface area (TPSA) is 38.3 Å². The fourth-order valence-corrected chi connectivity index (χ4v) is 1.60. The molecule has 17 heavy (non-hydrogen) atoms. The van der Waals surface area contributed by atoms with Gasteiger partial charge in [-0.1, -0.05) is 18.5 Å². The van der Waals surface area contributed by atoms with Gasteiger partial charge in [-0.2, -0.15) is 0 Å². The molecule has 1 aromatic carbocycles. The molecule has 0 spiro atoms. The molecule has 0 unspecified atom stereocenters. The van der Waals surface area contributed by atoms with Crippen LogP contribution in [-0.4, -0.2) is 11.7 Å². The van der Waals surface area contributed by atoms with E-state index in [-0.39, 0.29) is 0 Å². The zero-order valence-corrected chi connectivity index (χ0v) is 11.4. The number of anilines is 1. The van der Waals surface area contributed by atoms with Crippen LogP contribution >= 0.6 is 11.6 Å². The van der Waals surface area contributed by atoms with E-state index in [1.165, 1.54) is 0 Å². The Morgan fingerprint density at radius 2 is 2.06 bits per heavy atom. The smallest absolute Gasteiger partial charge is 0.412 e. The van der Waals surface area contributed by atoms with Gasteiger partial charge in [0, 0.05) is 10.7 Å². The fraction of sp³-hybridized carbons (Fsp3) is 0.462. The Bertz CT molecular complexity index is 410. The third kappa shape index (κ3) is 4.65. The van der Waals surface area contributed by atoms with Crippen molar-refractivity contribution < 1.29 is 9.53 Å². The summed E-state index contributed by atoms with van der Waals surface area (Å²) < 4.78 is 5.16. The molecule has 0 saturated heterocycles. The lowest BCUT2D eigenvalue weighted by Crippen LogP contribution is -2.27. The molecule has 0 fully saturated rings. The summed E-state index contributed by atoms with van der Waals surface area (Å²) in [5.74, 6) is 0. The minimum atomic E-state index is -0.496. The van der Waals surface area contributed by atoms with Crippen LogP contribution in [0.2, 0.25) is 5.02 Å². The predicted molar refractivity (Wildman–Crippen MR) is 70.7 cm³/mol. The number of carbonyl (C=O) groups is 1. The second-order valence-corrected chi connectivity index (χ2v) is 5.19. The highest BCUT2D eigenvalue weighted by Crippen LogP contribution is 2.21. The monoisotopic (exact) mass is 255 g/mol. The van der Waals surface area contributed by atoms with Crippen LogP contribution in [-0.2, 0) is 11.2 Å². The first kappa shape index (κ1) is 13.8. The van der Waals surface area contributed by atoms with Gasteiger partial charge >= 0.3 is 6.09 Å². The number of halogens is 1. The van der Waals surface area contributed by atoms with E-state index in [1.54, 1.807) is 12.1 Å². The Labute approximate surface area is 107 Å². The Morgan fingerprint density at radius 3 is 2.59 bits per heavy atom. The lowest BCUT2D eigenvalue weighted by Gasteiger charge is -2.19. The lowest BCUT2D eigenvalue weighted by atomic mass is 10.1. The Morgan fingerprint density at radius 1 is 1.41 bits per heavy atom. The van der Waals surface area contributed by atoms with Crippen molar-refractivity contribution in [3.05, 3.63) is 28.8 Å². The molecule has 0 aliphatic heterocycles. The van der Waals surface area contributed by atoms with Crippen LogP contribution in [0.5, 0.6) is 0 Å². The quantitative estimate of drug-likeness (QED) is 0.858. The molecule has 0 aromatic heterocycles. The van der Waals surface area contributed by atoms with Crippen molar-refractivity contribution in [3.63, 3.8) is 0 Å². The molecule has 0 atom stereocenters. The first-order valence-electron chi connectivity index (χ1n) is 5.60. The maximum absolute atomic E-state index is 11.5. The average Bonchev–Trinajstić information content (AvgIpc) is 2.18. The van der Waals surface area contributed by atoms with Crippen molar-refractivity contribution in [2.45, 2.75) is 39.7 Å². The highest BCUT2D eigenvalue weighted by atomic mass is 35.5. The van der Waals surface area contributed by atoms with Crippen molar-refractivity contribution in [2.24, 2.45) is 0 Å². The largest absolute Gasteiger partial charge is 0.444 e. The van der Waals surface area contributed by atoms with E-state index in [2.05, 4.69) is 5.32 Å². The molecule has 0 heterocycles. The van der Waals surface area contributed by atoms with Gasteiger partial charge in [0.25, 0.3) is 0 Å². The van der Waals surface area contributed by atoms with E-state index in [1.807, 2.05) is 33.8 Å². The number of hydrogen-bond donors (Lipinski definition) is 1. The van der Waals surface area contributed by atoms with E-state index in [0.717, 1.165) is 12.0 Å². The number of hydrogen-bond acceptors (Lipinski definition) is 2. The number of nitrogens with one attached hydrogen (secondary N) is 1. The predicted octanol–water partition coefficient (Wildman–Crippen LogP) is 4.25. The summed E-state index contributed by atoms with van der Waals surface area (Å²) >= 11 is 6.00. The zero-order chi connectivity index (χ0) is 13.1. The molecule has 0 radical (unpaired) electrons. The fourth-order valence-electron chi connectivity index (χ4n) is 1.34. The second kappa shape index (κ2) is 5.41. The van der Waals surface area contributed by atoms with Gasteiger partial charge in [-0.05, 0) is 51.0 Å². The molecular formula is C13H18ClNO2. The highest BCUT2D eigenvalue weighted by molar-refractivity contribution is 6.31. The normalized spacial score (nSPS) is 11.1. The van der Waals surface area contributed by atoms with E-state index >= 15 is 0 Å². The van der Waals surface area contributed by atoms with Crippen molar-refractivity contribution in [3.8, 4) is 0 Å². The van der Waals surface area contributed by atoms with E-state index in [4.69, 9.17) is 16.3 Å². The van der Waals surface area contributed by atoms with Gasteiger partial charge in [-0.15, -0.1) is 0 Å². The van der Waals surface area contributed by atoms with Gasteiger partial charge < -0.3 is 4.74 Å². The number of aryl methyl sites for hydroxylation is 1. The molecule has 1 rings (SSSR count). The highest BCUT2D eigenvalue weighted by Gasteiger charge is 2.16. The van der Waals surface area contributed by atoms with Crippen LogP contribution in [0, 0.1) is 0 Å². The first-order chi connectivity index (χ1) is 7.81. The summed E-state index contributed by atoms with van der Waals surface area (Å²) in [6, 6.07) is 5.38. The van der Waals surface area contributed by atoms with Crippen LogP contribution in [0.4, 0.5) is 10.5 Å². The van der Waals surface area contributed by atoms with Gasteiger partial charge in [0.2, 0.25) is 0 Å². The number of rotatable bonds is 2. The Hall–Kier alpha value is -1.22. The molecule has 1 amide bonds. The van der Waals surface area contributed by atoms with Crippen LogP contribution < -0.4 is 5.32 Å². The molecular weight excluding hydrogens is 238 g/mol. The van der Waals surface area contributed by atoms with Crippen molar-refractivity contribution >= 4 is 23.4 Å².